The van der Waals surface area contributed by atoms with E-state index < -0.39 is 41.8 Å². The number of nitrogens with one attached hydrogen (secondary N) is 2. The van der Waals surface area contributed by atoms with Crippen molar-refractivity contribution < 1.29 is 33.0 Å². The average Bonchev–Trinajstić information content (AvgIpc) is 3.12. The van der Waals surface area contributed by atoms with E-state index in [1.165, 1.54) is 23.5 Å². The maximum atomic E-state index is 13.6. The summed E-state index contributed by atoms with van der Waals surface area (Å²) in [7, 11) is 0. The number of anilines is 2. The number of aryl methyl sites for hydroxylation is 1. The molecule has 182 valence electrons. The third-order valence-corrected chi connectivity index (χ3v) is 6.79. The number of carboxylic acid groups (broad SMARTS) is 1. The second kappa shape index (κ2) is 9.46. The number of alkyl halides is 2. The van der Waals surface area contributed by atoms with E-state index in [1.54, 1.807) is 30.5 Å². The van der Waals surface area contributed by atoms with Crippen molar-refractivity contribution in [3.8, 4) is 10.4 Å². The fourth-order valence-corrected chi connectivity index (χ4v) is 4.78. The Bertz CT molecular complexity index is 1270. The Hall–Kier alpha value is -3.79. The summed E-state index contributed by atoms with van der Waals surface area (Å²) >= 11 is 1.38. The molecule has 0 radical (unpaired) electrons. The lowest BCUT2D eigenvalue weighted by molar-refractivity contribution is -0.141. The summed E-state index contributed by atoms with van der Waals surface area (Å²) in [6, 6.07) is 15.7. The molecule has 3 N–H and O–H groups in total. The van der Waals surface area contributed by atoms with Gasteiger partial charge in [0.25, 0.3) is 5.92 Å². The maximum Gasteiger partial charge on any atom is 0.412 e. The van der Waals surface area contributed by atoms with Crippen LogP contribution in [0.4, 0.5) is 25.0 Å². The van der Waals surface area contributed by atoms with Crippen LogP contribution in [-0.2, 0) is 14.3 Å². The standard InChI is InChI=1S/C25H22F2N2O5S/c1-13-5-3-4-6-17(13)14(2)34-24(33)29-18-11-12-35-21(18)15-7-9-16(10-8-15)28-22(30)19-20(23(31)32)25(19,26)27/h3-12,14,19-20H,1-2H3,(H,28,30)(H,29,33)(H,31,32)/t14-,19?,20?/m1/s1. The van der Waals surface area contributed by atoms with Gasteiger partial charge in [-0.2, -0.15) is 0 Å². The first-order chi connectivity index (χ1) is 16.6. The molecule has 3 atom stereocenters. The molecule has 4 rings (SSSR count). The highest BCUT2D eigenvalue weighted by Gasteiger charge is 2.75. The van der Waals surface area contributed by atoms with Gasteiger partial charge in [-0.05, 0) is 54.1 Å². The molecule has 1 saturated carbocycles. The molecule has 1 fully saturated rings. The summed E-state index contributed by atoms with van der Waals surface area (Å²) in [5.74, 6) is -10.2. The largest absolute Gasteiger partial charge is 0.481 e. The van der Waals surface area contributed by atoms with Crippen LogP contribution < -0.4 is 10.6 Å². The van der Waals surface area contributed by atoms with Crippen molar-refractivity contribution in [2.75, 3.05) is 10.6 Å². The average molecular weight is 501 g/mol. The first-order valence-corrected chi connectivity index (χ1v) is 11.6. The van der Waals surface area contributed by atoms with Crippen LogP contribution in [0.15, 0.2) is 60.0 Å². The zero-order valence-corrected chi connectivity index (χ0v) is 19.6. The van der Waals surface area contributed by atoms with Gasteiger partial charge in [-0.1, -0.05) is 36.4 Å². The number of halogens is 2. The van der Waals surface area contributed by atoms with E-state index in [0.717, 1.165) is 21.6 Å². The zero-order chi connectivity index (χ0) is 25.3. The van der Waals surface area contributed by atoms with Gasteiger partial charge in [-0.15, -0.1) is 11.3 Å². The zero-order valence-electron chi connectivity index (χ0n) is 18.7. The van der Waals surface area contributed by atoms with Crippen molar-refractivity contribution in [3.63, 3.8) is 0 Å². The molecule has 1 heterocycles. The molecular formula is C25H22F2N2O5S. The van der Waals surface area contributed by atoms with Crippen molar-refractivity contribution in [1.29, 1.82) is 0 Å². The number of ether oxygens (including phenoxy) is 1. The van der Waals surface area contributed by atoms with E-state index in [0.29, 0.717) is 5.69 Å². The van der Waals surface area contributed by atoms with Crippen LogP contribution in [0, 0.1) is 18.8 Å². The molecule has 0 bridgehead atoms. The SMILES string of the molecule is Cc1ccccc1[C@@H](C)OC(=O)Nc1ccsc1-c1ccc(NC(=O)C2C(C(=O)O)C2(F)F)cc1. The predicted molar refractivity (Wildman–Crippen MR) is 128 cm³/mol. The van der Waals surface area contributed by atoms with Gasteiger partial charge in [-0.3, -0.25) is 14.9 Å². The molecule has 35 heavy (non-hydrogen) atoms. The van der Waals surface area contributed by atoms with E-state index in [-0.39, 0.29) is 5.69 Å². The molecule has 0 saturated heterocycles. The molecule has 2 unspecified atom stereocenters. The number of aliphatic carboxylic acids is 1. The van der Waals surface area contributed by atoms with Crippen LogP contribution in [0.5, 0.6) is 0 Å². The normalized spacial score (nSPS) is 18.9. The van der Waals surface area contributed by atoms with Crippen LogP contribution in [0.25, 0.3) is 10.4 Å². The lowest BCUT2D eigenvalue weighted by atomic mass is 10.1. The summed E-state index contributed by atoms with van der Waals surface area (Å²) in [5, 5.41) is 15.7. The molecule has 2 amide bonds. The fourth-order valence-electron chi connectivity index (χ4n) is 3.92. The minimum atomic E-state index is -3.56. The summed E-state index contributed by atoms with van der Waals surface area (Å²) in [6.45, 7) is 3.73. The van der Waals surface area contributed by atoms with Gasteiger partial charge in [0.05, 0.1) is 10.6 Å². The second-order valence-corrected chi connectivity index (χ2v) is 9.14. The van der Waals surface area contributed by atoms with Crippen LogP contribution in [0.2, 0.25) is 0 Å². The fraction of sp³-hybridized carbons (Fsp3) is 0.240. The van der Waals surface area contributed by atoms with Crippen LogP contribution in [0.1, 0.15) is 24.2 Å². The Labute approximate surface area is 203 Å². The van der Waals surface area contributed by atoms with E-state index >= 15 is 0 Å². The van der Waals surface area contributed by atoms with Gasteiger partial charge in [0.1, 0.15) is 17.9 Å². The summed E-state index contributed by atoms with van der Waals surface area (Å²) < 4.78 is 32.7. The number of thiophene rings is 1. The third kappa shape index (κ3) is 5.02. The topological polar surface area (TPSA) is 105 Å². The summed E-state index contributed by atoms with van der Waals surface area (Å²) in [6.07, 6.45) is -1.05. The Morgan fingerprint density at radius 3 is 2.34 bits per heavy atom. The van der Waals surface area contributed by atoms with Crippen LogP contribution in [-0.4, -0.2) is 29.0 Å². The smallest absolute Gasteiger partial charge is 0.412 e. The number of rotatable bonds is 7. The Kier molecular flexibility index (Phi) is 6.58. The van der Waals surface area contributed by atoms with Crippen molar-refractivity contribution in [2.45, 2.75) is 25.9 Å². The summed E-state index contributed by atoms with van der Waals surface area (Å²) in [5.41, 5.74) is 3.43. The van der Waals surface area contributed by atoms with Crippen molar-refractivity contribution in [2.24, 2.45) is 11.8 Å². The minimum Gasteiger partial charge on any atom is -0.481 e. The van der Waals surface area contributed by atoms with Gasteiger partial charge >= 0.3 is 12.1 Å². The van der Waals surface area contributed by atoms with Gasteiger partial charge in [0.15, 0.2) is 0 Å². The highest BCUT2D eigenvalue weighted by atomic mass is 32.1. The highest BCUT2D eigenvalue weighted by molar-refractivity contribution is 7.14. The summed E-state index contributed by atoms with van der Waals surface area (Å²) in [4.78, 5) is 36.2. The molecule has 10 heteroatoms. The van der Waals surface area contributed by atoms with Crippen LogP contribution in [0.3, 0.4) is 0 Å². The number of amides is 2. The molecule has 1 aliphatic carbocycles. The molecule has 0 aliphatic heterocycles. The lowest BCUT2D eigenvalue weighted by Gasteiger charge is -2.16. The number of carbonyl (C=O) groups is 3. The number of carbonyl (C=O) groups excluding carboxylic acids is 2. The molecule has 0 spiro atoms. The van der Waals surface area contributed by atoms with Gasteiger partial charge < -0.3 is 15.2 Å². The number of benzene rings is 2. The van der Waals surface area contributed by atoms with E-state index in [2.05, 4.69) is 10.6 Å². The van der Waals surface area contributed by atoms with Crippen molar-refractivity contribution in [3.05, 3.63) is 71.1 Å². The van der Waals surface area contributed by atoms with Gasteiger partial charge in [-0.25, -0.2) is 13.6 Å². The van der Waals surface area contributed by atoms with E-state index in [9.17, 15) is 23.2 Å². The number of hydrogen-bond acceptors (Lipinski definition) is 5. The molecule has 3 aromatic rings. The van der Waals surface area contributed by atoms with Gasteiger partial charge in [0, 0.05) is 5.69 Å². The molecular weight excluding hydrogens is 478 g/mol. The first kappa shape index (κ1) is 24.3. The monoisotopic (exact) mass is 500 g/mol. The molecule has 1 aliphatic rings. The van der Waals surface area contributed by atoms with Crippen molar-refractivity contribution in [1.82, 2.24) is 0 Å². The third-order valence-electron chi connectivity index (χ3n) is 5.83. The van der Waals surface area contributed by atoms with Gasteiger partial charge in [0.2, 0.25) is 5.91 Å². The molecule has 2 aromatic carbocycles. The quantitative estimate of drug-likeness (QED) is 0.373. The first-order valence-electron chi connectivity index (χ1n) is 10.7. The maximum absolute atomic E-state index is 13.6. The molecule has 7 nitrogen and oxygen atoms in total. The van der Waals surface area contributed by atoms with E-state index in [1.807, 2.05) is 31.2 Å². The van der Waals surface area contributed by atoms with E-state index in [4.69, 9.17) is 9.84 Å². The van der Waals surface area contributed by atoms with Crippen molar-refractivity contribution >= 4 is 40.7 Å². The Morgan fingerprint density at radius 1 is 1.03 bits per heavy atom. The predicted octanol–water partition coefficient (Wildman–Crippen LogP) is 5.94. The number of hydrogen-bond donors (Lipinski definition) is 3. The molecule has 1 aromatic heterocycles. The highest BCUT2D eigenvalue weighted by Crippen LogP contribution is 2.55. The minimum absolute atomic E-state index is 0.253. The second-order valence-electron chi connectivity index (χ2n) is 8.23. The Morgan fingerprint density at radius 2 is 1.71 bits per heavy atom. The number of carboxylic acids is 1. The Balaban J connectivity index is 1.39. The lowest BCUT2D eigenvalue weighted by Crippen LogP contribution is -2.18. The van der Waals surface area contributed by atoms with Crippen LogP contribution >= 0.6 is 11.3 Å².